The van der Waals surface area contributed by atoms with Gasteiger partial charge in [-0.1, -0.05) is 11.6 Å². The van der Waals surface area contributed by atoms with Crippen LogP contribution in [0.1, 0.15) is 16.1 Å². The fraction of sp³-hybridized carbons (Fsp3) is 0.294. The fourth-order valence-electron chi connectivity index (χ4n) is 2.73. The van der Waals surface area contributed by atoms with E-state index in [1.54, 1.807) is 18.3 Å². The number of piperazine rings is 1. The molecule has 1 aromatic carbocycles. The summed E-state index contributed by atoms with van der Waals surface area (Å²) in [5.41, 5.74) is 8.11. The second-order valence-corrected chi connectivity index (χ2v) is 5.93. The molecule has 0 bridgehead atoms. The minimum Gasteiger partial charge on any atom is -0.368 e. The molecule has 1 saturated heterocycles. The lowest BCUT2D eigenvalue weighted by atomic mass is 10.1. The van der Waals surface area contributed by atoms with Crippen molar-refractivity contribution in [2.75, 3.05) is 31.1 Å². The van der Waals surface area contributed by atoms with Crippen molar-refractivity contribution in [3.63, 3.8) is 0 Å². The zero-order valence-electron chi connectivity index (χ0n) is 13.6. The lowest BCUT2D eigenvalue weighted by Crippen LogP contribution is -2.48. The Kier molecular flexibility index (Phi) is 8.45. The van der Waals surface area contributed by atoms with Gasteiger partial charge in [0.1, 0.15) is 0 Å². The van der Waals surface area contributed by atoms with Gasteiger partial charge in [-0.15, -0.1) is 24.8 Å². The Morgan fingerprint density at radius 3 is 2.32 bits per heavy atom. The molecule has 0 radical (unpaired) electrons. The Hall–Kier alpha value is -1.53. The number of rotatable bonds is 3. The number of anilines is 1. The molecule has 1 fully saturated rings. The summed E-state index contributed by atoms with van der Waals surface area (Å²) in [6, 6.07) is 11.3. The monoisotopic (exact) mass is 402 g/mol. The van der Waals surface area contributed by atoms with Gasteiger partial charge in [0.2, 0.25) is 0 Å². The summed E-state index contributed by atoms with van der Waals surface area (Å²) in [4.78, 5) is 20.8. The van der Waals surface area contributed by atoms with E-state index in [-0.39, 0.29) is 30.7 Å². The number of carbonyl (C=O) groups excluding carboxylic acids is 1. The maximum atomic E-state index is 12.6. The molecule has 1 aliphatic heterocycles. The highest BCUT2D eigenvalue weighted by Crippen LogP contribution is 2.20. The second kappa shape index (κ2) is 9.82. The minimum atomic E-state index is 0. The number of pyridine rings is 1. The van der Waals surface area contributed by atoms with Gasteiger partial charge in [0, 0.05) is 55.2 Å². The Bertz CT molecular complexity index is 689. The molecule has 3 rings (SSSR count). The van der Waals surface area contributed by atoms with E-state index in [4.69, 9.17) is 17.3 Å². The van der Waals surface area contributed by atoms with E-state index in [9.17, 15) is 4.79 Å². The van der Waals surface area contributed by atoms with Gasteiger partial charge in [-0.25, -0.2) is 0 Å². The van der Waals surface area contributed by atoms with Crippen LogP contribution < -0.4 is 10.6 Å². The predicted molar refractivity (Wildman–Crippen MR) is 106 cm³/mol. The van der Waals surface area contributed by atoms with E-state index in [1.807, 2.05) is 29.2 Å². The van der Waals surface area contributed by atoms with E-state index in [2.05, 4.69) is 9.88 Å². The van der Waals surface area contributed by atoms with Gasteiger partial charge in [0.25, 0.3) is 5.91 Å². The van der Waals surface area contributed by atoms with Gasteiger partial charge in [-0.2, -0.15) is 0 Å². The Morgan fingerprint density at radius 2 is 1.72 bits per heavy atom. The lowest BCUT2D eigenvalue weighted by molar-refractivity contribution is 0.0746. The molecule has 0 saturated carbocycles. The maximum Gasteiger partial charge on any atom is 0.254 e. The first-order chi connectivity index (χ1) is 11.2. The smallest absolute Gasteiger partial charge is 0.254 e. The molecule has 5 nitrogen and oxygen atoms in total. The van der Waals surface area contributed by atoms with E-state index < -0.39 is 0 Å². The first kappa shape index (κ1) is 21.5. The highest BCUT2D eigenvalue weighted by Gasteiger charge is 2.22. The van der Waals surface area contributed by atoms with Gasteiger partial charge in [-0.3, -0.25) is 9.78 Å². The summed E-state index contributed by atoms with van der Waals surface area (Å²) in [5, 5.41) is 0.732. The van der Waals surface area contributed by atoms with Crippen molar-refractivity contribution in [3.05, 3.63) is 58.9 Å². The topological polar surface area (TPSA) is 62.5 Å². The summed E-state index contributed by atoms with van der Waals surface area (Å²) >= 11 is 5.92. The molecule has 2 N–H and O–H groups in total. The van der Waals surface area contributed by atoms with Crippen LogP contribution in [0, 0.1) is 0 Å². The Morgan fingerprint density at radius 1 is 1.08 bits per heavy atom. The number of amides is 1. The lowest BCUT2D eigenvalue weighted by Gasteiger charge is -2.36. The van der Waals surface area contributed by atoms with Crippen molar-refractivity contribution < 1.29 is 4.79 Å². The van der Waals surface area contributed by atoms with E-state index in [0.29, 0.717) is 25.2 Å². The molecule has 0 aliphatic carbocycles. The normalized spacial score (nSPS) is 13.7. The SMILES string of the molecule is Cl.Cl.NCc1cc(C(=O)N2CCN(c3ccc(Cl)cc3)CC2)ccn1. The highest BCUT2D eigenvalue weighted by atomic mass is 35.5. The van der Waals surface area contributed by atoms with Crippen molar-refractivity contribution in [1.82, 2.24) is 9.88 Å². The molecule has 25 heavy (non-hydrogen) atoms. The van der Waals surface area contributed by atoms with Gasteiger partial charge in [-0.05, 0) is 36.4 Å². The quantitative estimate of drug-likeness (QED) is 0.856. The summed E-state index contributed by atoms with van der Waals surface area (Å²) in [6.07, 6.45) is 1.64. The molecule has 2 heterocycles. The Labute approximate surface area is 165 Å². The van der Waals surface area contributed by atoms with E-state index in [1.165, 1.54) is 0 Å². The van der Waals surface area contributed by atoms with E-state index >= 15 is 0 Å². The zero-order valence-corrected chi connectivity index (χ0v) is 16.0. The molecule has 1 amide bonds. The van der Waals surface area contributed by atoms with Crippen LogP contribution in [0.25, 0.3) is 0 Å². The summed E-state index contributed by atoms with van der Waals surface area (Å²) in [7, 11) is 0. The highest BCUT2D eigenvalue weighted by molar-refractivity contribution is 6.30. The standard InChI is InChI=1S/C17H19ClN4O.2ClH/c18-14-1-3-16(4-2-14)21-7-9-22(10-8-21)17(23)13-5-6-20-15(11-13)12-19;;/h1-6,11H,7-10,12,19H2;2*1H. The van der Waals surface area contributed by atoms with Gasteiger partial charge in [0.15, 0.2) is 0 Å². The number of carbonyl (C=O) groups is 1. The van der Waals surface area contributed by atoms with Crippen LogP contribution in [-0.2, 0) is 6.54 Å². The largest absolute Gasteiger partial charge is 0.368 e. The van der Waals surface area contributed by atoms with Crippen molar-refractivity contribution in [2.24, 2.45) is 5.73 Å². The molecule has 0 unspecified atom stereocenters. The summed E-state index contributed by atoms with van der Waals surface area (Å²) in [6.45, 7) is 3.35. The average molecular weight is 404 g/mol. The third-order valence-electron chi connectivity index (χ3n) is 4.03. The fourth-order valence-corrected chi connectivity index (χ4v) is 2.85. The van der Waals surface area contributed by atoms with Gasteiger partial charge < -0.3 is 15.5 Å². The van der Waals surface area contributed by atoms with Crippen molar-refractivity contribution in [3.8, 4) is 0 Å². The number of benzene rings is 1. The van der Waals surface area contributed by atoms with Crippen LogP contribution in [0.2, 0.25) is 5.02 Å². The number of hydrogen-bond acceptors (Lipinski definition) is 4. The van der Waals surface area contributed by atoms with Gasteiger partial charge >= 0.3 is 0 Å². The molecule has 136 valence electrons. The summed E-state index contributed by atoms with van der Waals surface area (Å²) < 4.78 is 0. The molecule has 8 heteroatoms. The molecular formula is C17H21Cl3N4O. The molecule has 1 aliphatic rings. The van der Waals surface area contributed by atoms with Crippen molar-refractivity contribution >= 4 is 48.0 Å². The molecule has 1 aromatic heterocycles. The predicted octanol–water partition coefficient (Wildman–Crippen LogP) is 3.00. The van der Waals surface area contributed by atoms with Crippen LogP contribution in [0.5, 0.6) is 0 Å². The maximum absolute atomic E-state index is 12.6. The third kappa shape index (κ3) is 5.22. The number of nitrogens with zero attached hydrogens (tertiary/aromatic N) is 3. The zero-order chi connectivity index (χ0) is 16.2. The minimum absolute atomic E-state index is 0. The Balaban J connectivity index is 0.00000156. The first-order valence-corrected chi connectivity index (χ1v) is 8.00. The molecule has 2 aromatic rings. The van der Waals surface area contributed by atoms with Crippen LogP contribution in [0.3, 0.4) is 0 Å². The number of hydrogen-bond donors (Lipinski definition) is 1. The van der Waals surface area contributed by atoms with Crippen LogP contribution in [-0.4, -0.2) is 42.0 Å². The number of nitrogens with two attached hydrogens (primary N) is 1. The third-order valence-corrected chi connectivity index (χ3v) is 4.28. The van der Waals surface area contributed by atoms with Crippen LogP contribution >= 0.6 is 36.4 Å². The molecule has 0 atom stereocenters. The van der Waals surface area contributed by atoms with Crippen molar-refractivity contribution in [2.45, 2.75) is 6.54 Å². The van der Waals surface area contributed by atoms with Crippen LogP contribution in [0.15, 0.2) is 42.6 Å². The first-order valence-electron chi connectivity index (χ1n) is 7.62. The number of halogens is 3. The van der Waals surface area contributed by atoms with Crippen molar-refractivity contribution in [1.29, 1.82) is 0 Å². The number of aromatic nitrogens is 1. The van der Waals surface area contributed by atoms with Gasteiger partial charge in [0.05, 0.1) is 5.69 Å². The second-order valence-electron chi connectivity index (χ2n) is 5.50. The van der Waals surface area contributed by atoms with Crippen LogP contribution in [0.4, 0.5) is 5.69 Å². The summed E-state index contributed by atoms with van der Waals surface area (Å²) in [5.74, 6) is 0.0397. The molecule has 0 spiro atoms. The average Bonchev–Trinajstić information content (AvgIpc) is 2.62. The van der Waals surface area contributed by atoms with E-state index in [0.717, 1.165) is 29.5 Å². The molecular weight excluding hydrogens is 383 g/mol.